The summed E-state index contributed by atoms with van der Waals surface area (Å²) >= 11 is 6.28. The zero-order chi connectivity index (χ0) is 12.6. The maximum absolute atomic E-state index is 6.28. The Morgan fingerprint density at radius 3 is 2.35 bits per heavy atom. The fraction of sp³-hybridized carbons (Fsp3) is 0.538. The van der Waals surface area contributed by atoms with Crippen molar-refractivity contribution in [1.82, 2.24) is 0 Å². The molecule has 2 rings (SSSR count). The topological polar surface area (TPSA) is 44.5 Å². The van der Waals surface area contributed by atoms with Crippen LogP contribution in [0.3, 0.4) is 0 Å². The Kier molecular flexibility index (Phi) is 3.23. The number of hydrogen-bond donors (Lipinski definition) is 1. The van der Waals surface area contributed by atoms with Crippen molar-refractivity contribution < 1.29 is 9.47 Å². The molecule has 0 unspecified atom stereocenters. The van der Waals surface area contributed by atoms with E-state index in [2.05, 4.69) is 6.07 Å². The number of methoxy groups -OCH3 is 2. The summed E-state index contributed by atoms with van der Waals surface area (Å²) in [5.41, 5.74) is 8.16. The first-order chi connectivity index (χ1) is 8.00. The summed E-state index contributed by atoms with van der Waals surface area (Å²) in [5.74, 6) is 1.36. The molecule has 1 fully saturated rings. The summed E-state index contributed by atoms with van der Waals surface area (Å²) in [6.07, 6.45) is 2.94. The van der Waals surface area contributed by atoms with Gasteiger partial charge in [-0.1, -0.05) is 11.6 Å². The maximum atomic E-state index is 6.28. The van der Waals surface area contributed by atoms with E-state index in [1.807, 2.05) is 6.92 Å². The lowest BCUT2D eigenvalue weighted by Gasteiger charge is -2.17. The van der Waals surface area contributed by atoms with Gasteiger partial charge < -0.3 is 15.2 Å². The fourth-order valence-electron chi connectivity index (χ4n) is 2.13. The monoisotopic (exact) mass is 255 g/mol. The van der Waals surface area contributed by atoms with Crippen molar-refractivity contribution in [1.29, 1.82) is 0 Å². The van der Waals surface area contributed by atoms with Gasteiger partial charge in [-0.15, -0.1) is 0 Å². The molecule has 0 heterocycles. The summed E-state index contributed by atoms with van der Waals surface area (Å²) in [7, 11) is 3.23. The van der Waals surface area contributed by atoms with Gasteiger partial charge in [0.1, 0.15) is 16.5 Å². The third-order valence-corrected chi connectivity index (χ3v) is 3.63. The minimum atomic E-state index is -0.0579. The fourth-order valence-corrected chi connectivity index (χ4v) is 2.55. The minimum absolute atomic E-state index is 0.0579. The van der Waals surface area contributed by atoms with Crippen molar-refractivity contribution in [3.05, 3.63) is 22.2 Å². The zero-order valence-corrected chi connectivity index (χ0v) is 11.2. The van der Waals surface area contributed by atoms with Gasteiger partial charge in [-0.25, -0.2) is 0 Å². The molecular formula is C13H18ClNO2. The number of halogens is 1. The summed E-state index contributed by atoms with van der Waals surface area (Å²) in [6.45, 7) is 1.98. The molecule has 17 heavy (non-hydrogen) atoms. The molecule has 1 aromatic rings. The van der Waals surface area contributed by atoms with Gasteiger partial charge >= 0.3 is 0 Å². The van der Waals surface area contributed by atoms with Crippen molar-refractivity contribution in [3.8, 4) is 11.5 Å². The number of hydrogen-bond acceptors (Lipinski definition) is 3. The van der Waals surface area contributed by atoms with Crippen molar-refractivity contribution in [2.75, 3.05) is 14.2 Å². The van der Waals surface area contributed by atoms with Gasteiger partial charge in [-0.3, -0.25) is 0 Å². The first-order valence-electron chi connectivity index (χ1n) is 5.69. The first kappa shape index (κ1) is 12.5. The van der Waals surface area contributed by atoms with Gasteiger partial charge in [0.05, 0.1) is 14.2 Å². The van der Waals surface area contributed by atoms with Crippen molar-refractivity contribution in [2.24, 2.45) is 5.73 Å². The molecule has 1 aromatic carbocycles. The lowest BCUT2D eigenvalue weighted by molar-refractivity contribution is 0.388. The number of nitrogens with two attached hydrogens (primary N) is 1. The van der Waals surface area contributed by atoms with Crippen LogP contribution >= 0.6 is 11.6 Å². The molecular weight excluding hydrogens is 238 g/mol. The van der Waals surface area contributed by atoms with E-state index in [4.69, 9.17) is 26.8 Å². The van der Waals surface area contributed by atoms with E-state index in [0.717, 1.165) is 30.4 Å². The van der Waals surface area contributed by atoms with Crippen LogP contribution in [-0.2, 0) is 6.42 Å². The SMILES string of the molecule is COc1c(C)cc(CC2(N)CC2)c(OC)c1Cl. The summed E-state index contributed by atoms with van der Waals surface area (Å²) in [4.78, 5) is 0. The third-order valence-electron chi connectivity index (χ3n) is 3.28. The molecule has 0 amide bonds. The lowest BCUT2D eigenvalue weighted by Crippen LogP contribution is -2.24. The quantitative estimate of drug-likeness (QED) is 0.900. The summed E-state index contributed by atoms with van der Waals surface area (Å²) in [5, 5.41) is 0.536. The van der Waals surface area contributed by atoms with Crippen LogP contribution in [0, 0.1) is 6.92 Å². The molecule has 1 saturated carbocycles. The number of aryl methyl sites for hydroxylation is 1. The first-order valence-corrected chi connectivity index (χ1v) is 6.07. The lowest BCUT2D eigenvalue weighted by atomic mass is 10.0. The average Bonchev–Trinajstić information content (AvgIpc) is 2.96. The third kappa shape index (κ3) is 2.35. The van der Waals surface area contributed by atoms with Crippen molar-refractivity contribution in [3.63, 3.8) is 0 Å². The Morgan fingerprint density at radius 2 is 1.88 bits per heavy atom. The molecule has 4 heteroatoms. The van der Waals surface area contributed by atoms with E-state index in [1.54, 1.807) is 14.2 Å². The van der Waals surface area contributed by atoms with Crippen LogP contribution in [0.1, 0.15) is 24.0 Å². The summed E-state index contributed by atoms with van der Waals surface area (Å²) < 4.78 is 10.7. The zero-order valence-electron chi connectivity index (χ0n) is 10.5. The van der Waals surface area contributed by atoms with E-state index in [-0.39, 0.29) is 5.54 Å². The number of ether oxygens (including phenoxy) is 2. The van der Waals surface area contributed by atoms with E-state index in [0.29, 0.717) is 16.5 Å². The molecule has 2 N–H and O–H groups in total. The van der Waals surface area contributed by atoms with Crippen LogP contribution < -0.4 is 15.2 Å². The van der Waals surface area contributed by atoms with Crippen molar-refractivity contribution >= 4 is 11.6 Å². The average molecular weight is 256 g/mol. The molecule has 0 atom stereocenters. The molecule has 3 nitrogen and oxygen atoms in total. The highest BCUT2D eigenvalue weighted by Crippen LogP contribution is 2.44. The van der Waals surface area contributed by atoms with Crippen LogP contribution in [0.15, 0.2) is 6.07 Å². The van der Waals surface area contributed by atoms with Gasteiger partial charge in [0.15, 0.2) is 0 Å². The largest absolute Gasteiger partial charge is 0.495 e. The standard InChI is InChI=1S/C13H18ClNO2/c1-8-6-9(7-13(15)4-5-13)12(17-3)10(14)11(8)16-2/h6H,4-5,7,15H2,1-3H3. The van der Waals surface area contributed by atoms with Crippen LogP contribution in [0.25, 0.3) is 0 Å². The normalized spacial score (nSPS) is 16.8. The summed E-state index contributed by atoms with van der Waals surface area (Å²) in [6, 6.07) is 2.05. The van der Waals surface area contributed by atoms with E-state index < -0.39 is 0 Å². The highest BCUT2D eigenvalue weighted by Gasteiger charge is 2.39. The highest BCUT2D eigenvalue weighted by atomic mass is 35.5. The Hall–Kier alpha value is -0.930. The Morgan fingerprint density at radius 1 is 1.29 bits per heavy atom. The van der Waals surface area contributed by atoms with Gasteiger partial charge in [0.2, 0.25) is 0 Å². The van der Waals surface area contributed by atoms with Gasteiger partial charge in [-0.05, 0) is 43.4 Å². The van der Waals surface area contributed by atoms with Gasteiger partial charge in [0.25, 0.3) is 0 Å². The van der Waals surface area contributed by atoms with Crippen LogP contribution in [-0.4, -0.2) is 19.8 Å². The van der Waals surface area contributed by atoms with Crippen LogP contribution in [0.2, 0.25) is 5.02 Å². The predicted octanol–water partition coefficient (Wildman–Crippen LogP) is 2.70. The second-order valence-electron chi connectivity index (χ2n) is 4.77. The van der Waals surface area contributed by atoms with E-state index in [1.165, 1.54) is 0 Å². The smallest absolute Gasteiger partial charge is 0.144 e. The van der Waals surface area contributed by atoms with Crippen LogP contribution in [0.5, 0.6) is 11.5 Å². The van der Waals surface area contributed by atoms with Gasteiger partial charge in [0, 0.05) is 5.54 Å². The Bertz CT molecular complexity index is 442. The Labute approximate surface area is 107 Å². The maximum Gasteiger partial charge on any atom is 0.144 e. The predicted molar refractivity (Wildman–Crippen MR) is 69.1 cm³/mol. The second-order valence-corrected chi connectivity index (χ2v) is 5.15. The van der Waals surface area contributed by atoms with E-state index in [9.17, 15) is 0 Å². The molecule has 1 aliphatic rings. The molecule has 0 aromatic heterocycles. The molecule has 0 radical (unpaired) electrons. The Balaban J connectivity index is 2.44. The minimum Gasteiger partial charge on any atom is -0.495 e. The van der Waals surface area contributed by atoms with Crippen molar-refractivity contribution in [2.45, 2.75) is 31.7 Å². The molecule has 0 saturated heterocycles. The molecule has 1 aliphatic carbocycles. The number of rotatable bonds is 4. The molecule has 0 bridgehead atoms. The molecule has 0 aliphatic heterocycles. The number of benzene rings is 1. The molecule has 0 spiro atoms. The highest BCUT2D eigenvalue weighted by molar-refractivity contribution is 6.33. The van der Waals surface area contributed by atoms with Gasteiger partial charge in [-0.2, -0.15) is 0 Å². The van der Waals surface area contributed by atoms with E-state index >= 15 is 0 Å². The molecule has 94 valence electrons. The second kappa shape index (κ2) is 4.39. The van der Waals surface area contributed by atoms with Crippen LogP contribution in [0.4, 0.5) is 0 Å².